The summed E-state index contributed by atoms with van der Waals surface area (Å²) in [5.41, 5.74) is 8.46. The third kappa shape index (κ3) is 2.44. The molecule has 3 N–H and O–H groups in total. The summed E-state index contributed by atoms with van der Waals surface area (Å²) in [4.78, 5) is 14.0. The van der Waals surface area contributed by atoms with E-state index in [2.05, 4.69) is 15.3 Å². The molecule has 0 aromatic carbocycles. The van der Waals surface area contributed by atoms with Crippen LogP contribution in [0.15, 0.2) is 12.4 Å². The van der Waals surface area contributed by atoms with Gasteiger partial charge in [-0.2, -0.15) is 10.2 Å². The van der Waals surface area contributed by atoms with Crippen molar-refractivity contribution in [3.05, 3.63) is 29.3 Å². The molecule has 0 saturated carbocycles. The van der Waals surface area contributed by atoms with Crippen LogP contribution in [0.3, 0.4) is 0 Å². The van der Waals surface area contributed by atoms with Gasteiger partial charge in [0, 0.05) is 31.9 Å². The number of hydrogen-bond donors (Lipinski definition) is 2. The maximum Gasteiger partial charge on any atom is 0.274 e. The quantitative estimate of drug-likeness (QED) is 0.852. The first kappa shape index (κ1) is 13.1. The Balaban J connectivity index is 2.24. The molecular weight excluding hydrogens is 244 g/mol. The highest BCUT2D eigenvalue weighted by Crippen LogP contribution is 2.18. The topological polar surface area (TPSA) is 92.8 Å². The molecule has 2 rings (SSSR count). The predicted octanol–water partition coefficient (Wildman–Crippen LogP) is 0.789. The number of nitrogens with one attached hydrogen (secondary N) is 1. The molecule has 2 aromatic rings. The molecule has 7 nitrogen and oxygen atoms in total. The maximum absolute atomic E-state index is 12.4. The number of aryl methyl sites for hydroxylation is 2. The summed E-state index contributed by atoms with van der Waals surface area (Å²) >= 11 is 0. The lowest BCUT2D eigenvalue weighted by atomic mass is 10.2. The lowest BCUT2D eigenvalue weighted by molar-refractivity contribution is 0.0774. The average Bonchev–Trinajstić information content (AvgIpc) is 2.98. The van der Waals surface area contributed by atoms with Crippen LogP contribution in [0.2, 0.25) is 0 Å². The number of aromatic nitrogens is 4. The van der Waals surface area contributed by atoms with E-state index in [1.165, 1.54) is 0 Å². The van der Waals surface area contributed by atoms with Crippen molar-refractivity contribution in [3.8, 4) is 0 Å². The molecule has 0 aliphatic rings. The molecule has 0 bridgehead atoms. The lowest BCUT2D eigenvalue weighted by Gasteiger charge is -2.17. The molecule has 0 aliphatic heterocycles. The van der Waals surface area contributed by atoms with Gasteiger partial charge in [-0.25, -0.2) is 0 Å². The number of rotatable bonds is 4. The highest BCUT2D eigenvalue weighted by atomic mass is 16.2. The molecular formula is C12H18N6O. The van der Waals surface area contributed by atoms with Gasteiger partial charge in [-0.3, -0.25) is 14.6 Å². The summed E-state index contributed by atoms with van der Waals surface area (Å²) in [7, 11) is 1.73. The Kier molecular flexibility index (Phi) is 3.55. The van der Waals surface area contributed by atoms with Gasteiger partial charge in [0.15, 0.2) is 0 Å². The van der Waals surface area contributed by atoms with Crippen LogP contribution in [0.4, 0.5) is 5.69 Å². The first-order chi connectivity index (χ1) is 9.04. The number of anilines is 1. The van der Waals surface area contributed by atoms with Crippen LogP contribution in [0.1, 0.15) is 28.7 Å². The number of carbonyl (C=O) groups is 1. The first-order valence-corrected chi connectivity index (χ1v) is 6.10. The minimum Gasteiger partial charge on any atom is -0.395 e. The Labute approximate surface area is 111 Å². The smallest absolute Gasteiger partial charge is 0.274 e. The van der Waals surface area contributed by atoms with Gasteiger partial charge >= 0.3 is 0 Å². The zero-order valence-corrected chi connectivity index (χ0v) is 11.3. The Morgan fingerprint density at radius 1 is 1.58 bits per heavy atom. The van der Waals surface area contributed by atoms with Gasteiger partial charge in [0.2, 0.25) is 0 Å². The largest absolute Gasteiger partial charge is 0.395 e. The lowest BCUT2D eigenvalue weighted by Crippen LogP contribution is -2.29. The molecule has 2 aromatic heterocycles. The van der Waals surface area contributed by atoms with Gasteiger partial charge in [-0.1, -0.05) is 0 Å². The van der Waals surface area contributed by atoms with Crippen LogP contribution >= 0.6 is 0 Å². The minimum absolute atomic E-state index is 0.138. The monoisotopic (exact) mass is 262 g/mol. The molecule has 0 radical (unpaired) electrons. The van der Waals surface area contributed by atoms with Crippen LogP contribution in [0, 0.1) is 6.92 Å². The molecule has 2 heterocycles. The highest BCUT2D eigenvalue weighted by molar-refractivity contribution is 5.97. The fraction of sp³-hybridized carbons (Fsp3) is 0.417. The number of hydrogen-bond acceptors (Lipinski definition) is 4. The summed E-state index contributed by atoms with van der Waals surface area (Å²) in [6.45, 7) is 4.81. The number of aromatic amines is 1. The molecule has 19 heavy (non-hydrogen) atoms. The third-order valence-corrected chi connectivity index (χ3v) is 3.00. The van der Waals surface area contributed by atoms with Crippen LogP contribution in [-0.4, -0.2) is 37.8 Å². The van der Waals surface area contributed by atoms with E-state index < -0.39 is 0 Å². The van der Waals surface area contributed by atoms with E-state index in [0.29, 0.717) is 30.2 Å². The van der Waals surface area contributed by atoms with Crippen LogP contribution in [0.25, 0.3) is 0 Å². The second-order valence-electron chi connectivity index (χ2n) is 4.43. The average molecular weight is 262 g/mol. The normalized spacial score (nSPS) is 10.7. The zero-order valence-electron chi connectivity index (χ0n) is 11.3. The van der Waals surface area contributed by atoms with Gasteiger partial charge in [0.1, 0.15) is 5.69 Å². The molecule has 102 valence electrons. The molecule has 0 saturated heterocycles. The van der Waals surface area contributed by atoms with E-state index >= 15 is 0 Å². The van der Waals surface area contributed by atoms with Crippen molar-refractivity contribution in [1.29, 1.82) is 0 Å². The fourth-order valence-corrected chi connectivity index (χ4v) is 1.94. The van der Waals surface area contributed by atoms with Gasteiger partial charge in [0.05, 0.1) is 17.6 Å². The van der Waals surface area contributed by atoms with Crippen LogP contribution in [0.5, 0.6) is 0 Å². The maximum atomic E-state index is 12.4. The molecule has 0 fully saturated rings. The summed E-state index contributed by atoms with van der Waals surface area (Å²) in [5, 5.41) is 10.8. The number of nitrogen functional groups attached to an aromatic ring is 1. The molecule has 0 spiro atoms. The number of nitrogens with two attached hydrogens (primary N) is 1. The number of carbonyl (C=O) groups excluding carboxylic acids is 1. The molecule has 7 heteroatoms. The molecule has 0 atom stereocenters. The van der Waals surface area contributed by atoms with Gasteiger partial charge < -0.3 is 10.6 Å². The van der Waals surface area contributed by atoms with Crippen molar-refractivity contribution in [2.24, 2.45) is 0 Å². The summed E-state index contributed by atoms with van der Waals surface area (Å²) in [6, 6.07) is 0. The molecule has 0 aliphatic carbocycles. The van der Waals surface area contributed by atoms with Crippen LogP contribution < -0.4 is 5.73 Å². The predicted molar refractivity (Wildman–Crippen MR) is 71.4 cm³/mol. The van der Waals surface area contributed by atoms with Crippen molar-refractivity contribution in [1.82, 2.24) is 24.9 Å². The van der Waals surface area contributed by atoms with Gasteiger partial charge in [-0.05, 0) is 13.8 Å². The van der Waals surface area contributed by atoms with Crippen molar-refractivity contribution >= 4 is 11.6 Å². The Morgan fingerprint density at radius 2 is 2.32 bits per heavy atom. The zero-order chi connectivity index (χ0) is 14.0. The SMILES string of the molecule is CCn1nc(C)c(N)c1C(=O)N(C)Cc1cn[nH]c1. The highest BCUT2D eigenvalue weighted by Gasteiger charge is 2.22. The Bertz CT molecular complexity index is 571. The van der Waals surface area contributed by atoms with Crippen molar-refractivity contribution < 1.29 is 4.79 Å². The van der Waals surface area contributed by atoms with E-state index in [1.807, 2.05) is 6.92 Å². The van der Waals surface area contributed by atoms with Crippen molar-refractivity contribution in [3.63, 3.8) is 0 Å². The van der Waals surface area contributed by atoms with E-state index in [-0.39, 0.29) is 5.91 Å². The van der Waals surface area contributed by atoms with E-state index in [4.69, 9.17) is 5.73 Å². The fourth-order valence-electron chi connectivity index (χ4n) is 1.94. The van der Waals surface area contributed by atoms with Crippen molar-refractivity contribution in [2.75, 3.05) is 12.8 Å². The van der Waals surface area contributed by atoms with Gasteiger partial charge in [0.25, 0.3) is 5.91 Å². The van der Waals surface area contributed by atoms with Crippen molar-refractivity contribution in [2.45, 2.75) is 26.9 Å². The Morgan fingerprint density at radius 3 is 2.89 bits per heavy atom. The van der Waals surface area contributed by atoms with E-state index in [9.17, 15) is 4.79 Å². The second-order valence-corrected chi connectivity index (χ2v) is 4.43. The summed E-state index contributed by atoms with van der Waals surface area (Å²) in [5.74, 6) is -0.138. The van der Waals surface area contributed by atoms with Crippen LogP contribution in [-0.2, 0) is 13.1 Å². The Hall–Kier alpha value is -2.31. The van der Waals surface area contributed by atoms with E-state index in [1.54, 1.807) is 35.9 Å². The second kappa shape index (κ2) is 5.13. The third-order valence-electron chi connectivity index (χ3n) is 3.00. The molecule has 1 amide bonds. The minimum atomic E-state index is -0.138. The van der Waals surface area contributed by atoms with E-state index in [0.717, 1.165) is 5.56 Å². The van der Waals surface area contributed by atoms with Gasteiger partial charge in [-0.15, -0.1) is 0 Å². The molecule has 0 unspecified atom stereocenters. The number of amides is 1. The first-order valence-electron chi connectivity index (χ1n) is 6.10. The summed E-state index contributed by atoms with van der Waals surface area (Å²) < 4.78 is 1.64. The standard InChI is InChI=1S/C12H18N6O/c1-4-18-11(10(13)8(2)16-18)12(19)17(3)7-9-5-14-15-6-9/h5-6H,4,7,13H2,1-3H3,(H,14,15). The number of H-pyrrole nitrogens is 1. The number of nitrogens with zero attached hydrogens (tertiary/aromatic N) is 4. The summed E-state index contributed by atoms with van der Waals surface area (Å²) in [6.07, 6.45) is 3.45.